The smallest absolute Gasteiger partial charge is 0.434 e. The Hall–Kier alpha value is -1.37. The van der Waals surface area contributed by atoms with E-state index in [1.807, 2.05) is 14.1 Å². The highest BCUT2D eigenvalue weighted by Crippen LogP contribution is 2.18. The third-order valence-corrected chi connectivity index (χ3v) is 9.46. The molecule has 0 spiro atoms. The van der Waals surface area contributed by atoms with Crippen LogP contribution in [0.25, 0.3) is 0 Å². The molecule has 0 rings (SSSR count). The number of carbonyl (C=O) groups excluding carboxylic acids is 1. The standard InChI is InChI=1S/C43H83NO5/c1-5-7-9-25-32-40(45)34-27-21-17-13-11-15-19-23-29-36-42(49-43(47)48-39-31-38-44(3)4)37-30-24-20-16-12-14-18-22-28-35-41(46)33-26-10-8-6-2/h21-22,27-28,40-42,45-46H,5-20,23-26,29-39H2,1-4H3/b27-21-,28-22-. The molecule has 0 saturated heterocycles. The minimum atomic E-state index is -0.502. The molecule has 0 radical (unpaired) electrons. The number of hydrogen-bond acceptors (Lipinski definition) is 6. The van der Waals surface area contributed by atoms with Gasteiger partial charge in [-0.2, -0.15) is 0 Å². The molecule has 0 heterocycles. The zero-order valence-electron chi connectivity index (χ0n) is 33.0. The van der Waals surface area contributed by atoms with E-state index >= 15 is 0 Å². The summed E-state index contributed by atoms with van der Waals surface area (Å²) in [5.41, 5.74) is 0. The summed E-state index contributed by atoms with van der Waals surface area (Å²) >= 11 is 0. The lowest BCUT2D eigenvalue weighted by atomic mass is 10.0. The summed E-state index contributed by atoms with van der Waals surface area (Å²) in [5, 5.41) is 20.2. The maximum absolute atomic E-state index is 12.4. The van der Waals surface area contributed by atoms with E-state index in [9.17, 15) is 15.0 Å². The van der Waals surface area contributed by atoms with Gasteiger partial charge < -0.3 is 24.6 Å². The molecular formula is C43H83NO5. The first-order valence-corrected chi connectivity index (χ1v) is 21.0. The fourth-order valence-corrected chi connectivity index (χ4v) is 6.24. The van der Waals surface area contributed by atoms with Crippen molar-refractivity contribution < 1.29 is 24.5 Å². The summed E-state index contributed by atoms with van der Waals surface area (Å²) in [6, 6.07) is 0. The second-order valence-electron chi connectivity index (χ2n) is 14.8. The van der Waals surface area contributed by atoms with Crippen molar-refractivity contribution in [3.63, 3.8) is 0 Å². The molecule has 2 N–H and O–H groups in total. The van der Waals surface area contributed by atoms with Crippen LogP contribution in [0.5, 0.6) is 0 Å². The zero-order valence-corrected chi connectivity index (χ0v) is 33.0. The molecule has 0 aromatic carbocycles. The molecular weight excluding hydrogens is 610 g/mol. The van der Waals surface area contributed by atoms with Crippen molar-refractivity contribution in [1.29, 1.82) is 0 Å². The van der Waals surface area contributed by atoms with E-state index in [4.69, 9.17) is 9.47 Å². The van der Waals surface area contributed by atoms with Gasteiger partial charge in [0.15, 0.2) is 0 Å². The number of nitrogens with zero attached hydrogens (tertiary/aromatic N) is 1. The van der Waals surface area contributed by atoms with Crippen molar-refractivity contribution in [3.8, 4) is 0 Å². The molecule has 0 fully saturated rings. The van der Waals surface area contributed by atoms with Gasteiger partial charge in [0, 0.05) is 6.54 Å². The van der Waals surface area contributed by atoms with Crippen molar-refractivity contribution in [3.05, 3.63) is 24.3 Å². The van der Waals surface area contributed by atoms with Gasteiger partial charge in [-0.3, -0.25) is 0 Å². The van der Waals surface area contributed by atoms with Crippen LogP contribution in [0.1, 0.15) is 200 Å². The quantitative estimate of drug-likeness (QED) is 0.0383. The number of carbonyl (C=O) groups is 1. The van der Waals surface area contributed by atoms with Crippen molar-refractivity contribution in [2.75, 3.05) is 27.2 Å². The second-order valence-corrected chi connectivity index (χ2v) is 14.8. The van der Waals surface area contributed by atoms with Crippen LogP contribution >= 0.6 is 0 Å². The van der Waals surface area contributed by atoms with Gasteiger partial charge in [0.2, 0.25) is 0 Å². The van der Waals surface area contributed by atoms with E-state index in [0.29, 0.717) is 6.61 Å². The molecule has 6 nitrogen and oxygen atoms in total. The summed E-state index contributed by atoms with van der Waals surface area (Å²) in [7, 11) is 4.05. The molecule has 0 bridgehead atoms. The van der Waals surface area contributed by atoms with Gasteiger partial charge in [-0.1, -0.05) is 141 Å². The summed E-state index contributed by atoms with van der Waals surface area (Å²) in [6.45, 7) is 5.75. The number of allylic oxidation sites excluding steroid dienone is 2. The molecule has 2 unspecified atom stereocenters. The fraction of sp³-hybridized carbons (Fsp3) is 0.884. The van der Waals surface area contributed by atoms with Crippen LogP contribution in [0.3, 0.4) is 0 Å². The Labute approximate surface area is 304 Å². The van der Waals surface area contributed by atoms with Gasteiger partial charge in [-0.15, -0.1) is 0 Å². The Bertz CT molecular complexity index is 694. The van der Waals surface area contributed by atoms with Crippen molar-refractivity contribution in [1.82, 2.24) is 4.90 Å². The largest absolute Gasteiger partial charge is 0.508 e. The molecule has 0 aromatic heterocycles. The Balaban J connectivity index is 4.10. The average Bonchev–Trinajstić information content (AvgIpc) is 3.08. The molecule has 49 heavy (non-hydrogen) atoms. The van der Waals surface area contributed by atoms with E-state index in [1.54, 1.807) is 0 Å². The number of rotatable bonds is 37. The maximum Gasteiger partial charge on any atom is 0.508 e. The lowest BCUT2D eigenvalue weighted by molar-refractivity contribution is 0.0150. The molecule has 290 valence electrons. The Morgan fingerprint density at radius 3 is 1.41 bits per heavy atom. The highest BCUT2D eigenvalue weighted by molar-refractivity contribution is 5.60. The predicted molar refractivity (Wildman–Crippen MR) is 210 cm³/mol. The normalized spacial score (nSPS) is 13.9. The fourth-order valence-electron chi connectivity index (χ4n) is 6.24. The lowest BCUT2D eigenvalue weighted by Gasteiger charge is -2.18. The van der Waals surface area contributed by atoms with Crippen LogP contribution in [0.4, 0.5) is 4.79 Å². The van der Waals surface area contributed by atoms with Crippen LogP contribution in [-0.2, 0) is 9.47 Å². The molecule has 0 amide bonds. The second kappa shape index (κ2) is 37.9. The van der Waals surface area contributed by atoms with Crippen molar-refractivity contribution in [2.45, 2.75) is 218 Å². The Kier molecular flexibility index (Phi) is 36.8. The summed E-state index contributed by atoms with van der Waals surface area (Å²) in [4.78, 5) is 14.5. The highest BCUT2D eigenvalue weighted by atomic mass is 16.7. The van der Waals surface area contributed by atoms with Gasteiger partial charge >= 0.3 is 6.16 Å². The lowest BCUT2D eigenvalue weighted by Crippen LogP contribution is -2.21. The van der Waals surface area contributed by atoms with Crippen LogP contribution in [-0.4, -0.2) is 66.8 Å². The number of aliphatic hydroxyl groups excluding tert-OH is 2. The van der Waals surface area contributed by atoms with Gasteiger partial charge in [0.1, 0.15) is 6.10 Å². The number of aliphatic hydroxyl groups is 2. The third kappa shape index (κ3) is 37.7. The number of unbranched alkanes of at least 4 members (excludes halogenated alkanes) is 18. The maximum atomic E-state index is 12.4. The minimum absolute atomic E-state index is 0.0411. The van der Waals surface area contributed by atoms with E-state index in [-0.39, 0.29) is 18.3 Å². The van der Waals surface area contributed by atoms with Crippen LogP contribution < -0.4 is 0 Å². The number of ether oxygens (including phenoxy) is 2. The molecule has 0 aliphatic carbocycles. The van der Waals surface area contributed by atoms with E-state index in [2.05, 4.69) is 43.1 Å². The van der Waals surface area contributed by atoms with Crippen LogP contribution in [0, 0.1) is 0 Å². The molecule has 0 aliphatic heterocycles. The van der Waals surface area contributed by atoms with E-state index in [1.165, 1.54) is 103 Å². The van der Waals surface area contributed by atoms with Crippen LogP contribution in [0.15, 0.2) is 24.3 Å². The van der Waals surface area contributed by atoms with Gasteiger partial charge in [0.25, 0.3) is 0 Å². The van der Waals surface area contributed by atoms with Gasteiger partial charge in [-0.05, 0) is 97.6 Å². The van der Waals surface area contributed by atoms with Gasteiger partial charge in [-0.25, -0.2) is 4.79 Å². The summed E-state index contributed by atoms with van der Waals surface area (Å²) in [6.07, 6.45) is 40.5. The Morgan fingerprint density at radius 2 is 0.959 bits per heavy atom. The van der Waals surface area contributed by atoms with E-state index in [0.717, 1.165) is 90.0 Å². The first-order valence-electron chi connectivity index (χ1n) is 21.0. The van der Waals surface area contributed by atoms with Crippen molar-refractivity contribution in [2.24, 2.45) is 0 Å². The van der Waals surface area contributed by atoms with Gasteiger partial charge in [0.05, 0.1) is 18.8 Å². The number of hydrogen-bond donors (Lipinski definition) is 2. The first-order chi connectivity index (χ1) is 23.9. The third-order valence-electron chi connectivity index (χ3n) is 9.46. The SMILES string of the molecule is CCCCCCC(O)C/C=C\CCCCCCCCC(CCCCCCCC/C=C\CC(O)CCCCCC)OC(=O)OCCCN(C)C. The summed E-state index contributed by atoms with van der Waals surface area (Å²) in [5.74, 6) is 0. The predicted octanol–water partition coefficient (Wildman–Crippen LogP) is 12.3. The first kappa shape index (κ1) is 47.6. The van der Waals surface area contributed by atoms with Crippen LogP contribution in [0.2, 0.25) is 0 Å². The molecule has 0 aliphatic rings. The topological polar surface area (TPSA) is 79.2 Å². The zero-order chi connectivity index (χ0) is 36.0. The molecule has 0 saturated carbocycles. The summed E-state index contributed by atoms with van der Waals surface area (Å²) < 4.78 is 11.2. The highest BCUT2D eigenvalue weighted by Gasteiger charge is 2.15. The van der Waals surface area contributed by atoms with Crippen molar-refractivity contribution >= 4 is 6.16 Å². The molecule has 0 aromatic rings. The minimum Gasteiger partial charge on any atom is -0.434 e. The Morgan fingerprint density at radius 1 is 0.551 bits per heavy atom. The van der Waals surface area contributed by atoms with E-state index < -0.39 is 6.16 Å². The molecule has 6 heteroatoms. The monoisotopic (exact) mass is 694 g/mol. The molecule has 2 atom stereocenters. The average molecular weight is 694 g/mol.